The Kier molecular flexibility index (Phi) is 3.82. The summed E-state index contributed by atoms with van der Waals surface area (Å²) in [5, 5.41) is 0.814. The molecule has 2 aromatic rings. The van der Waals surface area contributed by atoms with E-state index < -0.39 is 10.0 Å². The Hall–Kier alpha value is -0.820. The van der Waals surface area contributed by atoms with Gasteiger partial charge in [-0.15, -0.1) is 11.3 Å². The van der Waals surface area contributed by atoms with Crippen molar-refractivity contribution in [2.75, 3.05) is 4.72 Å². The summed E-state index contributed by atoms with van der Waals surface area (Å²) in [5.41, 5.74) is 0. The van der Waals surface area contributed by atoms with Gasteiger partial charge in [-0.05, 0) is 25.1 Å². The van der Waals surface area contributed by atoms with Crippen LogP contribution in [0.25, 0.3) is 0 Å². The Morgan fingerprint density at radius 3 is 2.56 bits per heavy atom. The van der Waals surface area contributed by atoms with Crippen LogP contribution in [0.1, 0.15) is 4.88 Å². The number of halogens is 2. The summed E-state index contributed by atoms with van der Waals surface area (Å²) in [4.78, 5) is 4.90. The summed E-state index contributed by atoms with van der Waals surface area (Å²) >= 11 is 12.8. The molecule has 1 aromatic carbocycles. The number of thiazole rings is 1. The van der Waals surface area contributed by atoms with E-state index in [0.717, 1.165) is 4.88 Å². The highest BCUT2D eigenvalue weighted by Crippen LogP contribution is 2.26. The molecule has 0 spiro atoms. The first kappa shape index (κ1) is 13.6. The van der Waals surface area contributed by atoms with E-state index in [4.69, 9.17) is 23.2 Å². The maximum absolute atomic E-state index is 12.0. The molecule has 1 aromatic heterocycles. The van der Waals surface area contributed by atoms with Crippen molar-refractivity contribution in [2.45, 2.75) is 11.8 Å². The van der Waals surface area contributed by atoms with Crippen LogP contribution in [0.15, 0.2) is 29.3 Å². The van der Waals surface area contributed by atoms with Crippen molar-refractivity contribution in [1.29, 1.82) is 0 Å². The third kappa shape index (κ3) is 2.95. The van der Waals surface area contributed by atoms with Crippen LogP contribution in [0.5, 0.6) is 0 Å². The Balaban J connectivity index is 2.33. The van der Waals surface area contributed by atoms with Crippen LogP contribution in [-0.2, 0) is 10.0 Å². The van der Waals surface area contributed by atoms with Crippen molar-refractivity contribution < 1.29 is 8.42 Å². The van der Waals surface area contributed by atoms with Crippen LogP contribution >= 0.6 is 34.5 Å². The summed E-state index contributed by atoms with van der Waals surface area (Å²) in [6.07, 6.45) is 1.59. The number of anilines is 1. The molecule has 0 radical (unpaired) electrons. The van der Waals surface area contributed by atoms with E-state index >= 15 is 0 Å². The fourth-order valence-electron chi connectivity index (χ4n) is 1.22. The number of nitrogens with zero attached hydrogens (tertiary/aromatic N) is 1. The van der Waals surface area contributed by atoms with Gasteiger partial charge in [0.1, 0.15) is 0 Å². The van der Waals surface area contributed by atoms with E-state index in [1.54, 1.807) is 6.20 Å². The van der Waals surface area contributed by atoms with Crippen molar-refractivity contribution >= 4 is 49.7 Å². The second-order valence-electron chi connectivity index (χ2n) is 3.46. The Labute approximate surface area is 119 Å². The molecule has 1 heterocycles. The summed E-state index contributed by atoms with van der Waals surface area (Å²) < 4.78 is 26.4. The van der Waals surface area contributed by atoms with Gasteiger partial charge in [-0.1, -0.05) is 23.2 Å². The van der Waals surface area contributed by atoms with Crippen LogP contribution in [0.2, 0.25) is 10.0 Å². The lowest BCUT2D eigenvalue weighted by Gasteiger charge is -2.05. The highest BCUT2D eigenvalue weighted by molar-refractivity contribution is 7.93. The number of sulfonamides is 1. The zero-order valence-electron chi connectivity index (χ0n) is 9.15. The molecule has 1 N–H and O–H groups in total. The van der Waals surface area contributed by atoms with Gasteiger partial charge in [-0.2, -0.15) is 0 Å². The summed E-state index contributed by atoms with van der Waals surface area (Å²) in [6, 6.07) is 4.12. The second-order valence-corrected chi connectivity index (χ2v) is 7.19. The van der Waals surface area contributed by atoms with E-state index in [1.165, 1.54) is 29.5 Å². The van der Waals surface area contributed by atoms with E-state index in [1.807, 2.05) is 6.92 Å². The molecule has 0 bridgehead atoms. The number of aryl methyl sites for hydroxylation is 1. The largest absolute Gasteiger partial charge is 0.263 e. The molecular formula is C10H8Cl2N2O2S2. The monoisotopic (exact) mass is 322 g/mol. The first-order chi connectivity index (χ1) is 8.38. The molecule has 8 heteroatoms. The Morgan fingerprint density at radius 2 is 2.00 bits per heavy atom. The van der Waals surface area contributed by atoms with Gasteiger partial charge in [-0.3, -0.25) is 4.72 Å². The van der Waals surface area contributed by atoms with Gasteiger partial charge in [0.2, 0.25) is 0 Å². The molecule has 0 saturated carbocycles. The molecule has 18 heavy (non-hydrogen) atoms. The average Bonchev–Trinajstić information content (AvgIpc) is 2.67. The standard InChI is InChI=1S/C10H8Cl2N2O2S2/c1-6-5-13-10(17-6)14-18(15,16)7-2-3-8(11)9(12)4-7/h2-5H,1H3,(H,13,14). The van der Waals surface area contributed by atoms with Crippen molar-refractivity contribution in [2.24, 2.45) is 0 Å². The van der Waals surface area contributed by atoms with Crippen molar-refractivity contribution in [3.63, 3.8) is 0 Å². The van der Waals surface area contributed by atoms with E-state index in [-0.39, 0.29) is 9.92 Å². The zero-order valence-corrected chi connectivity index (χ0v) is 12.3. The fourth-order valence-corrected chi connectivity index (χ4v) is 3.51. The second kappa shape index (κ2) is 5.05. The van der Waals surface area contributed by atoms with Gasteiger partial charge in [0, 0.05) is 11.1 Å². The van der Waals surface area contributed by atoms with E-state index in [0.29, 0.717) is 10.2 Å². The molecule has 0 unspecified atom stereocenters. The maximum atomic E-state index is 12.0. The number of hydrogen-bond donors (Lipinski definition) is 1. The van der Waals surface area contributed by atoms with Crippen LogP contribution < -0.4 is 4.72 Å². The first-order valence-corrected chi connectivity index (χ1v) is 7.84. The normalized spacial score (nSPS) is 11.5. The fraction of sp³-hybridized carbons (Fsp3) is 0.100. The topological polar surface area (TPSA) is 59.1 Å². The quantitative estimate of drug-likeness (QED) is 0.939. The smallest absolute Gasteiger partial charge is 0.255 e. The zero-order chi connectivity index (χ0) is 13.3. The lowest BCUT2D eigenvalue weighted by molar-refractivity contribution is 0.601. The molecule has 0 atom stereocenters. The third-order valence-electron chi connectivity index (χ3n) is 2.04. The third-order valence-corrected chi connectivity index (χ3v) is 5.08. The number of rotatable bonds is 3. The van der Waals surface area contributed by atoms with Gasteiger partial charge in [-0.25, -0.2) is 13.4 Å². The molecule has 0 aliphatic carbocycles. The Morgan fingerprint density at radius 1 is 1.28 bits per heavy atom. The minimum absolute atomic E-state index is 0.0461. The number of aromatic nitrogens is 1. The molecule has 2 rings (SSSR count). The van der Waals surface area contributed by atoms with Crippen LogP contribution in [-0.4, -0.2) is 13.4 Å². The highest BCUT2D eigenvalue weighted by Gasteiger charge is 2.17. The molecule has 4 nitrogen and oxygen atoms in total. The van der Waals surface area contributed by atoms with E-state index in [2.05, 4.69) is 9.71 Å². The predicted octanol–water partition coefficient (Wildman–Crippen LogP) is 3.56. The predicted molar refractivity (Wildman–Crippen MR) is 74.1 cm³/mol. The van der Waals surface area contributed by atoms with Crippen molar-refractivity contribution in [3.05, 3.63) is 39.3 Å². The summed E-state index contributed by atoms with van der Waals surface area (Å²) in [6.45, 7) is 1.84. The van der Waals surface area contributed by atoms with Crippen LogP contribution in [0, 0.1) is 6.92 Å². The number of hydrogen-bond acceptors (Lipinski definition) is 4. The summed E-state index contributed by atoms with van der Waals surface area (Å²) in [5.74, 6) is 0. The molecule has 96 valence electrons. The molecule has 0 aliphatic rings. The molecule has 0 amide bonds. The number of nitrogens with one attached hydrogen (secondary N) is 1. The van der Waals surface area contributed by atoms with E-state index in [9.17, 15) is 8.42 Å². The van der Waals surface area contributed by atoms with Gasteiger partial charge in [0.15, 0.2) is 5.13 Å². The SMILES string of the molecule is Cc1cnc(NS(=O)(=O)c2ccc(Cl)c(Cl)c2)s1. The minimum Gasteiger partial charge on any atom is -0.255 e. The lowest BCUT2D eigenvalue weighted by atomic mass is 10.4. The van der Waals surface area contributed by atoms with Crippen LogP contribution in [0.3, 0.4) is 0 Å². The van der Waals surface area contributed by atoms with Gasteiger partial charge < -0.3 is 0 Å². The van der Waals surface area contributed by atoms with Gasteiger partial charge in [0.05, 0.1) is 14.9 Å². The minimum atomic E-state index is -3.68. The molecule has 0 aliphatic heterocycles. The first-order valence-electron chi connectivity index (χ1n) is 4.79. The maximum Gasteiger partial charge on any atom is 0.263 e. The molecule has 0 fully saturated rings. The van der Waals surface area contributed by atoms with Gasteiger partial charge >= 0.3 is 0 Å². The lowest BCUT2D eigenvalue weighted by Crippen LogP contribution is -2.12. The van der Waals surface area contributed by atoms with Gasteiger partial charge in [0.25, 0.3) is 10.0 Å². The van der Waals surface area contributed by atoms with Crippen molar-refractivity contribution in [1.82, 2.24) is 4.98 Å². The Bertz CT molecular complexity index is 683. The van der Waals surface area contributed by atoms with Crippen molar-refractivity contribution in [3.8, 4) is 0 Å². The molecule has 0 saturated heterocycles. The summed E-state index contributed by atoms with van der Waals surface area (Å²) in [7, 11) is -3.68. The van der Waals surface area contributed by atoms with Crippen LogP contribution in [0.4, 0.5) is 5.13 Å². The average molecular weight is 323 g/mol. The number of benzene rings is 1. The molecular weight excluding hydrogens is 315 g/mol. The highest BCUT2D eigenvalue weighted by atomic mass is 35.5.